The highest BCUT2D eigenvalue weighted by molar-refractivity contribution is 6.34. The Hall–Kier alpha value is -8.38. The Morgan fingerprint density at radius 3 is 2.21 bits per heavy atom. The number of likely N-dealkylation sites (N-methyl/N-ethyl adjacent to an activating group) is 1. The molecule has 24 nitrogen and oxygen atoms in total. The summed E-state index contributed by atoms with van der Waals surface area (Å²) in [6, 6.07) is 16.8. The normalized spacial score (nSPS) is 27.7. The van der Waals surface area contributed by atoms with Crippen molar-refractivity contribution in [1.29, 1.82) is 0 Å². The number of anilines is 2. The first-order valence-electron chi connectivity index (χ1n) is 33.2. The lowest BCUT2D eigenvalue weighted by atomic mass is 9.44. The van der Waals surface area contributed by atoms with E-state index in [4.69, 9.17) is 45.8 Å². The van der Waals surface area contributed by atoms with E-state index in [9.17, 15) is 62.4 Å². The van der Waals surface area contributed by atoms with E-state index in [2.05, 4.69) is 31.7 Å². The lowest BCUT2D eigenvalue weighted by molar-refractivity contribution is -0.346. The summed E-state index contributed by atoms with van der Waals surface area (Å²) in [5.41, 5.74) is -5.27. The van der Waals surface area contributed by atoms with Gasteiger partial charge in [-0.05, 0) is 128 Å². The standard InChI is InChI=1S/C43H53NO14.C29H32ClF4N7O2/c1-22-26(55-37(51)32(48)30(24-15-11-9-12-16-24)44-38(52)58-39(3,4)5)20-43(53)35(56-36(50)25-17-13-10-14-18-25)33-41(8,34(49)31(47)29(22)40(43,6)7)27(46)19-28-42(33,21-54-28)57-23(2)45;1-5-21(42)40-9-10-41(16(3)13-40)27-18-12-19(30)22(26-23(29(32,33)34)15(2)11-20(35)36-26)24(31)25(18)37-28(38-27)43-14-17-7-6-8-39(17)4/h9-18,26-28,30-33,35,46-48,53H,19-21H2,1-8H3,(H,44,52);5,11-12,16-17H,1,6-10,13-14H2,2-4H3,(H2,35,36). The Labute approximate surface area is 586 Å². The minimum atomic E-state index is -4.86. The molecule has 2 amide bonds. The number of ketones is 1. The minimum absolute atomic E-state index is 0.0637. The molecule has 5 aromatic rings. The molecule has 3 saturated heterocycles. The molecule has 13 unspecified atom stereocenters. The smallest absolute Gasteiger partial charge is 0.418 e. The molecule has 544 valence electrons. The second-order valence-corrected chi connectivity index (χ2v) is 29.0. The SMILES string of the molecule is C=CC(=O)N1CCN(c2nc(OCC3CCCN3C)nc3c(F)c(-c4nc(N)cc(C)c4C(F)(F)F)c(Cl)cc23)C(C)C1.CC(=O)OC12COC1CC(O)C1(C)C(=O)C(O)C3=C(C)C(OC(=O)C(O)C(NC(=O)OC(C)(C)C)c4ccccc4)CC(O)(C(OC(=O)c4ccccc4)C21)C3(C)C. The number of likely N-dealkylation sites (tertiary alicyclic amines) is 1. The average Bonchev–Trinajstić information content (AvgIpc) is 1.00. The molecule has 7 N–H and O–H groups in total. The van der Waals surface area contributed by atoms with Crippen LogP contribution in [0.25, 0.3) is 22.2 Å². The predicted molar refractivity (Wildman–Crippen MR) is 360 cm³/mol. The first-order chi connectivity index (χ1) is 47.3. The lowest BCUT2D eigenvalue weighted by Gasteiger charge is -2.67. The van der Waals surface area contributed by atoms with Gasteiger partial charge < -0.3 is 74.6 Å². The zero-order chi connectivity index (χ0) is 74.0. The van der Waals surface area contributed by atoms with Crippen molar-refractivity contribution in [2.24, 2.45) is 16.7 Å². The van der Waals surface area contributed by atoms with Crippen LogP contribution in [0.4, 0.5) is 34.0 Å². The fourth-order valence-electron chi connectivity index (χ4n) is 15.4. The molecular formula is C72H85ClF4N8O16. The molecule has 101 heavy (non-hydrogen) atoms. The molecule has 11 rings (SSSR count). The number of esters is 3. The summed E-state index contributed by atoms with van der Waals surface area (Å²) in [6.45, 7) is 20.6. The zero-order valence-corrected chi connectivity index (χ0v) is 58.7. The second-order valence-electron chi connectivity index (χ2n) is 28.6. The number of nitrogens with one attached hydrogen (secondary N) is 1. The van der Waals surface area contributed by atoms with Crippen molar-refractivity contribution in [3.63, 3.8) is 0 Å². The largest absolute Gasteiger partial charge is 0.462 e. The number of fused-ring (bicyclic) bond motifs is 6. The van der Waals surface area contributed by atoms with Crippen LogP contribution in [0.3, 0.4) is 0 Å². The van der Waals surface area contributed by atoms with E-state index < -0.39 is 141 Å². The van der Waals surface area contributed by atoms with Crippen LogP contribution in [0.5, 0.6) is 6.01 Å². The number of carbonyl (C=O) groups is 6. The maximum absolute atomic E-state index is 16.5. The Bertz CT molecular complexity index is 4090. The highest BCUT2D eigenvalue weighted by Gasteiger charge is 2.78. The molecule has 13 atom stereocenters. The molecule has 5 heterocycles. The van der Waals surface area contributed by atoms with Gasteiger partial charge in [0, 0.05) is 62.3 Å². The molecule has 0 radical (unpaired) electrons. The van der Waals surface area contributed by atoms with Crippen molar-refractivity contribution in [1.82, 2.24) is 30.1 Å². The van der Waals surface area contributed by atoms with Gasteiger partial charge >= 0.3 is 36.2 Å². The van der Waals surface area contributed by atoms with Gasteiger partial charge in [-0.1, -0.05) is 80.6 Å². The number of nitrogens with two attached hydrogens (primary N) is 1. The summed E-state index contributed by atoms with van der Waals surface area (Å²) in [5, 5.41) is 51.4. The second kappa shape index (κ2) is 28.5. The van der Waals surface area contributed by atoms with E-state index in [0.29, 0.717) is 25.2 Å². The molecule has 2 aromatic heterocycles. The Morgan fingerprint density at radius 2 is 1.62 bits per heavy atom. The predicted octanol–water partition coefficient (Wildman–Crippen LogP) is 8.35. The molecule has 6 aliphatic rings. The van der Waals surface area contributed by atoms with Crippen molar-refractivity contribution >= 4 is 69.8 Å². The Kier molecular flexibility index (Phi) is 21.2. The molecule has 5 fully saturated rings. The summed E-state index contributed by atoms with van der Waals surface area (Å²) in [5.74, 6) is -6.61. The zero-order valence-electron chi connectivity index (χ0n) is 57.9. The van der Waals surface area contributed by atoms with Crippen LogP contribution in [0.15, 0.2) is 96.6 Å². The van der Waals surface area contributed by atoms with Gasteiger partial charge in [-0.15, -0.1) is 0 Å². The number of aryl methyl sites for hydroxylation is 1. The first-order valence-corrected chi connectivity index (χ1v) is 33.6. The number of nitrogen functional groups attached to an aromatic ring is 1. The van der Waals surface area contributed by atoms with Crippen molar-refractivity contribution in [2.75, 3.05) is 57.1 Å². The van der Waals surface area contributed by atoms with E-state index in [1.807, 2.05) is 18.9 Å². The Balaban J connectivity index is 0.000000228. The third-order valence-electron chi connectivity index (χ3n) is 20.6. The molecule has 3 aromatic carbocycles. The number of ether oxygens (including phenoxy) is 6. The number of halogens is 5. The summed E-state index contributed by atoms with van der Waals surface area (Å²) < 4.78 is 94.5. The van der Waals surface area contributed by atoms with E-state index in [1.54, 1.807) is 88.0 Å². The number of nitrogens with zero attached hydrogens (tertiary/aromatic N) is 6. The molecule has 3 aliphatic heterocycles. The molecule has 2 saturated carbocycles. The molecule has 29 heteroatoms. The number of alkyl halides is 3. The van der Waals surface area contributed by atoms with Crippen LogP contribution in [-0.2, 0) is 49.0 Å². The van der Waals surface area contributed by atoms with E-state index in [-0.39, 0.29) is 93.5 Å². The van der Waals surface area contributed by atoms with Crippen molar-refractivity contribution in [3.05, 3.63) is 130 Å². The fraction of sp³-hybridized carbons (Fsp3) is 0.514. The number of alkyl carbamates (subject to hydrolysis) is 1. The van der Waals surface area contributed by atoms with Crippen LogP contribution in [0.2, 0.25) is 5.02 Å². The maximum atomic E-state index is 16.5. The number of pyridine rings is 1. The molecule has 3 aliphatic carbocycles. The summed E-state index contributed by atoms with van der Waals surface area (Å²) in [4.78, 5) is 99.7. The third kappa shape index (κ3) is 14.2. The molecule has 2 bridgehead atoms. The number of hydrogen-bond acceptors (Lipinski definition) is 22. The molecular weight excluding hydrogens is 1340 g/mol. The van der Waals surface area contributed by atoms with Gasteiger partial charge in [-0.2, -0.15) is 23.1 Å². The van der Waals surface area contributed by atoms with Gasteiger partial charge in [-0.3, -0.25) is 14.4 Å². The van der Waals surface area contributed by atoms with E-state index >= 15 is 4.39 Å². The van der Waals surface area contributed by atoms with Crippen LogP contribution in [-0.4, -0.2) is 193 Å². The van der Waals surface area contributed by atoms with Gasteiger partial charge in [0.05, 0.1) is 57.5 Å². The quantitative estimate of drug-likeness (QED) is 0.0200. The number of amides is 2. The van der Waals surface area contributed by atoms with Gasteiger partial charge in [0.1, 0.15) is 59.4 Å². The van der Waals surface area contributed by atoms with Crippen LogP contribution in [0.1, 0.15) is 121 Å². The summed E-state index contributed by atoms with van der Waals surface area (Å²) in [7, 11) is 1.98. The summed E-state index contributed by atoms with van der Waals surface area (Å²) in [6.07, 6.45) is -13.2. The maximum Gasteiger partial charge on any atom is 0.418 e. The number of aromatic nitrogens is 3. The number of aliphatic hydroxyl groups excluding tert-OH is 3. The average molecular weight is 1430 g/mol. The number of rotatable bonds is 14. The molecule has 0 spiro atoms. The lowest BCUT2D eigenvalue weighted by Crippen LogP contribution is -2.81. The Morgan fingerprint density at radius 1 is 0.960 bits per heavy atom. The minimum Gasteiger partial charge on any atom is -0.462 e. The van der Waals surface area contributed by atoms with Gasteiger partial charge in [0.25, 0.3) is 0 Å². The van der Waals surface area contributed by atoms with Gasteiger partial charge in [0.2, 0.25) is 5.91 Å². The van der Waals surface area contributed by atoms with Gasteiger partial charge in [0.15, 0.2) is 23.3 Å². The van der Waals surface area contributed by atoms with Crippen molar-refractivity contribution in [3.8, 4) is 17.3 Å². The number of piperazine rings is 1. The highest BCUT2D eigenvalue weighted by Crippen LogP contribution is 2.64. The number of Topliss-reactive ketones (excluding diaryl/α,β-unsaturated/α-hetero) is 1. The first kappa shape index (κ1) is 75.3. The van der Waals surface area contributed by atoms with Crippen LogP contribution >= 0.6 is 11.6 Å². The number of hydrogen-bond donors (Lipinski definition) is 6. The van der Waals surface area contributed by atoms with E-state index in [0.717, 1.165) is 32.4 Å². The summed E-state index contributed by atoms with van der Waals surface area (Å²) >= 11 is 6.54. The fourth-order valence-corrected chi connectivity index (χ4v) is 15.7. The van der Waals surface area contributed by atoms with Crippen LogP contribution in [0, 0.1) is 29.5 Å². The van der Waals surface area contributed by atoms with Crippen molar-refractivity contribution < 1.29 is 95.2 Å². The monoisotopic (exact) mass is 1430 g/mol. The van der Waals surface area contributed by atoms with E-state index in [1.165, 1.54) is 45.0 Å². The van der Waals surface area contributed by atoms with Gasteiger partial charge in [-0.25, -0.2) is 23.8 Å². The number of aliphatic hydroxyl groups is 4. The van der Waals surface area contributed by atoms with Crippen LogP contribution < -0.4 is 20.7 Å². The third-order valence-corrected chi connectivity index (χ3v) is 20.9. The van der Waals surface area contributed by atoms with Crippen molar-refractivity contribution in [2.45, 2.75) is 173 Å². The topological polar surface area (TPSA) is 325 Å². The number of benzene rings is 3. The highest BCUT2D eigenvalue weighted by atomic mass is 35.5. The number of carbonyl (C=O) groups excluding carboxylic acids is 6.